The van der Waals surface area contributed by atoms with Crippen LogP contribution in [0.15, 0.2) is 32.9 Å². The zero-order valence-electron chi connectivity index (χ0n) is 9.60. The number of nitrogens with zero attached hydrogens (tertiary/aromatic N) is 3. The number of esters is 1. The molecule has 0 aliphatic carbocycles. The highest BCUT2D eigenvalue weighted by Gasteiger charge is 2.19. The smallest absolute Gasteiger partial charge is 0.337 e. The Kier molecular flexibility index (Phi) is 4.07. The van der Waals surface area contributed by atoms with Gasteiger partial charge in [-0.1, -0.05) is 23.1 Å². The number of nitro benzene ring substituents is 1. The van der Waals surface area contributed by atoms with E-state index in [0.29, 0.717) is 9.24 Å². The second-order valence-corrected chi connectivity index (χ2v) is 5.36. The van der Waals surface area contributed by atoms with Crippen molar-refractivity contribution in [1.29, 1.82) is 0 Å². The fraction of sp³-hybridized carbons (Fsp3) is 0.100. The third-order valence-corrected chi connectivity index (χ3v) is 3.94. The molecule has 0 saturated carbocycles. The third kappa shape index (κ3) is 3.06. The number of rotatable bonds is 4. The molecule has 0 unspecified atom stereocenters. The Bertz CT molecular complexity index is 615. The molecule has 7 nitrogen and oxygen atoms in total. The second-order valence-electron chi connectivity index (χ2n) is 3.24. The molecule has 0 amide bonds. The molecule has 0 aliphatic rings. The molecule has 1 aromatic carbocycles. The average molecular weight is 297 g/mol. The average Bonchev–Trinajstić information content (AvgIpc) is 2.90. The number of carbonyl (C=O) groups is 1. The molecule has 0 spiro atoms. The van der Waals surface area contributed by atoms with Crippen molar-refractivity contribution in [3.8, 4) is 0 Å². The lowest BCUT2D eigenvalue weighted by Crippen LogP contribution is -2.02. The van der Waals surface area contributed by atoms with Crippen molar-refractivity contribution in [2.45, 2.75) is 9.24 Å². The SMILES string of the molecule is COC(=O)c1ccc([N+](=O)[O-])c(Sc2nncs2)c1. The van der Waals surface area contributed by atoms with Gasteiger partial charge in [-0.15, -0.1) is 10.2 Å². The highest BCUT2D eigenvalue weighted by Crippen LogP contribution is 2.36. The van der Waals surface area contributed by atoms with E-state index >= 15 is 0 Å². The minimum Gasteiger partial charge on any atom is -0.465 e. The van der Waals surface area contributed by atoms with Crippen molar-refractivity contribution >= 4 is 34.8 Å². The lowest BCUT2D eigenvalue weighted by molar-refractivity contribution is -0.387. The molecular weight excluding hydrogens is 290 g/mol. The summed E-state index contributed by atoms with van der Waals surface area (Å²) >= 11 is 2.35. The Morgan fingerprint density at radius 2 is 2.32 bits per heavy atom. The van der Waals surface area contributed by atoms with Gasteiger partial charge in [0.15, 0.2) is 4.34 Å². The van der Waals surface area contributed by atoms with Gasteiger partial charge in [0.2, 0.25) is 0 Å². The maximum atomic E-state index is 11.4. The zero-order chi connectivity index (χ0) is 13.8. The first kappa shape index (κ1) is 13.4. The predicted molar refractivity (Wildman–Crippen MR) is 68.5 cm³/mol. The van der Waals surface area contributed by atoms with Crippen LogP contribution in [-0.2, 0) is 4.74 Å². The van der Waals surface area contributed by atoms with E-state index in [1.165, 1.54) is 42.2 Å². The number of carbonyl (C=O) groups excluding carboxylic acids is 1. The standard InChI is InChI=1S/C10H7N3O4S2/c1-17-9(14)6-2-3-7(13(15)16)8(4-6)19-10-12-11-5-18-10/h2-5H,1H3. The summed E-state index contributed by atoms with van der Waals surface area (Å²) in [4.78, 5) is 22.2. The maximum Gasteiger partial charge on any atom is 0.337 e. The van der Waals surface area contributed by atoms with Crippen molar-refractivity contribution in [2.24, 2.45) is 0 Å². The summed E-state index contributed by atoms with van der Waals surface area (Å²) in [6.07, 6.45) is 0. The van der Waals surface area contributed by atoms with E-state index in [-0.39, 0.29) is 11.3 Å². The van der Waals surface area contributed by atoms with Crippen LogP contribution in [0.3, 0.4) is 0 Å². The summed E-state index contributed by atoms with van der Waals surface area (Å²) < 4.78 is 5.14. The molecule has 0 saturated heterocycles. The van der Waals surface area contributed by atoms with Crippen LogP contribution in [0.2, 0.25) is 0 Å². The first-order valence-electron chi connectivity index (χ1n) is 4.92. The van der Waals surface area contributed by atoms with Crippen molar-refractivity contribution in [3.63, 3.8) is 0 Å². The highest BCUT2D eigenvalue weighted by atomic mass is 32.2. The summed E-state index contributed by atoms with van der Waals surface area (Å²) in [6.45, 7) is 0. The fourth-order valence-corrected chi connectivity index (χ4v) is 2.87. The van der Waals surface area contributed by atoms with Crippen LogP contribution in [0.1, 0.15) is 10.4 Å². The van der Waals surface area contributed by atoms with E-state index in [1.54, 1.807) is 0 Å². The van der Waals surface area contributed by atoms with Gasteiger partial charge in [-0.2, -0.15) is 0 Å². The topological polar surface area (TPSA) is 95.2 Å². The van der Waals surface area contributed by atoms with Crippen molar-refractivity contribution < 1.29 is 14.5 Å². The Morgan fingerprint density at radius 1 is 1.53 bits per heavy atom. The Hall–Kier alpha value is -2.00. The number of hydrogen-bond donors (Lipinski definition) is 0. The number of nitro groups is 1. The Labute approximate surface area is 115 Å². The first-order chi connectivity index (χ1) is 9.11. The van der Waals surface area contributed by atoms with E-state index in [2.05, 4.69) is 14.9 Å². The zero-order valence-corrected chi connectivity index (χ0v) is 11.2. The van der Waals surface area contributed by atoms with Crippen molar-refractivity contribution in [2.75, 3.05) is 7.11 Å². The van der Waals surface area contributed by atoms with Gasteiger partial charge in [0, 0.05) is 6.07 Å². The number of ether oxygens (including phenoxy) is 1. The van der Waals surface area contributed by atoms with Crippen LogP contribution >= 0.6 is 23.1 Å². The Balaban J connectivity index is 2.41. The molecule has 0 bridgehead atoms. The summed E-state index contributed by atoms with van der Waals surface area (Å²) in [5.74, 6) is -0.547. The van der Waals surface area contributed by atoms with Crippen LogP contribution in [0.5, 0.6) is 0 Å². The minimum atomic E-state index is -0.547. The molecule has 2 rings (SSSR count). The number of methoxy groups -OCH3 is 1. The van der Waals surface area contributed by atoms with Crippen LogP contribution in [0.25, 0.3) is 0 Å². The number of hydrogen-bond acceptors (Lipinski definition) is 8. The summed E-state index contributed by atoms with van der Waals surface area (Å²) in [5.41, 5.74) is 1.69. The van der Waals surface area contributed by atoms with Gasteiger partial charge in [-0.25, -0.2) is 4.79 Å². The molecule has 0 N–H and O–H groups in total. The van der Waals surface area contributed by atoms with E-state index < -0.39 is 10.9 Å². The fourth-order valence-electron chi connectivity index (χ4n) is 1.29. The second kappa shape index (κ2) is 5.76. The minimum absolute atomic E-state index is 0.0900. The van der Waals surface area contributed by atoms with Gasteiger partial charge in [0.25, 0.3) is 5.69 Å². The van der Waals surface area contributed by atoms with Crippen molar-refractivity contribution in [3.05, 3.63) is 39.4 Å². The van der Waals surface area contributed by atoms with Gasteiger partial charge in [0.1, 0.15) is 5.51 Å². The van der Waals surface area contributed by atoms with Crippen LogP contribution in [-0.4, -0.2) is 28.2 Å². The van der Waals surface area contributed by atoms with Gasteiger partial charge >= 0.3 is 5.97 Å². The molecule has 0 fully saturated rings. The molecule has 2 aromatic rings. The maximum absolute atomic E-state index is 11.4. The normalized spacial score (nSPS) is 10.2. The quantitative estimate of drug-likeness (QED) is 0.485. The molecule has 0 aliphatic heterocycles. The lowest BCUT2D eigenvalue weighted by Gasteiger charge is -2.03. The van der Waals surface area contributed by atoms with Crippen molar-refractivity contribution in [1.82, 2.24) is 10.2 Å². The van der Waals surface area contributed by atoms with E-state index in [1.807, 2.05) is 0 Å². The van der Waals surface area contributed by atoms with Gasteiger partial charge < -0.3 is 4.74 Å². The molecule has 0 atom stereocenters. The molecule has 0 radical (unpaired) electrons. The van der Waals surface area contributed by atoms with Crippen LogP contribution < -0.4 is 0 Å². The van der Waals surface area contributed by atoms with Gasteiger partial charge in [0.05, 0.1) is 22.5 Å². The van der Waals surface area contributed by atoms with Gasteiger partial charge in [-0.3, -0.25) is 10.1 Å². The van der Waals surface area contributed by atoms with Gasteiger partial charge in [-0.05, 0) is 12.1 Å². The summed E-state index contributed by atoms with van der Waals surface area (Å²) in [6, 6.07) is 4.04. The number of benzene rings is 1. The molecule has 9 heteroatoms. The monoisotopic (exact) mass is 297 g/mol. The molecule has 98 valence electrons. The van der Waals surface area contributed by atoms with E-state index in [9.17, 15) is 14.9 Å². The molecule has 19 heavy (non-hydrogen) atoms. The Morgan fingerprint density at radius 3 is 2.89 bits per heavy atom. The largest absolute Gasteiger partial charge is 0.465 e. The lowest BCUT2D eigenvalue weighted by atomic mass is 10.2. The molecular formula is C10H7N3O4S2. The predicted octanol–water partition coefficient (Wildman–Crippen LogP) is 2.38. The first-order valence-corrected chi connectivity index (χ1v) is 6.62. The summed E-state index contributed by atoms with van der Waals surface area (Å²) in [5, 5.41) is 18.4. The highest BCUT2D eigenvalue weighted by molar-refractivity contribution is 8.01. The number of aromatic nitrogens is 2. The van der Waals surface area contributed by atoms with E-state index in [0.717, 1.165) is 11.8 Å². The third-order valence-electron chi connectivity index (χ3n) is 2.11. The molecule has 1 aromatic heterocycles. The van der Waals surface area contributed by atoms with Crippen LogP contribution in [0.4, 0.5) is 5.69 Å². The molecule has 1 heterocycles. The van der Waals surface area contributed by atoms with E-state index in [4.69, 9.17) is 0 Å². The van der Waals surface area contributed by atoms with Crippen LogP contribution in [0, 0.1) is 10.1 Å². The summed E-state index contributed by atoms with van der Waals surface area (Å²) in [7, 11) is 1.25.